The molecule has 4 nitrogen and oxygen atoms in total. The summed E-state index contributed by atoms with van der Waals surface area (Å²) in [5, 5.41) is 6.04. The molecule has 0 aliphatic carbocycles. The van der Waals surface area contributed by atoms with Gasteiger partial charge in [-0.25, -0.2) is 0 Å². The summed E-state index contributed by atoms with van der Waals surface area (Å²) in [6.07, 6.45) is 5.18. The average molecular weight is 337 g/mol. The van der Waals surface area contributed by atoms with Gasteiger partial charge in [-0.3, -0.25) is 9.69 Å². The minimum absolute atomic E-state index is 0.0175. The van der Waals surface area contributed by atoms with E-state index in [9.17, 15) is 4.79 Å². The Morgan fingerprint density at radius 3 is 1.96 bits per heavy atom. The largest absolute Gasteiger partial charge is 0.388 e. The first-order chi connectivity index (χ1) is 12.1. The van der Waals surface area contributed by atoms with E-state index in [1.807, 2.05) is 55.4 Å². The minimum atomic E-state index is 0.0175. The number of carbonyl (C=O) groups is 1. The lowest BCUT2D eigenvalue weighted by atomic mass is 10.1. The van der Waals surface area contributed by atoms with Gasteiger partial charge in [0.1, 0.15) is 0 Å². The number of carbonyl (C=O) groups excluding carboxylic acids is 1. The van der Waals surface area contributed by atoms with E-state index in [0.717, 1.165) is 35.5 Å². The molecule has 0 atom stereocenters. The van der Waals surface area contributed by atoms with E-state index >= 15 is 0 Å². The van der Waals surface area contributed by atoms with Crippen LogP contribution in [0.4, 0.5) is 11.4 Å². The predicted octanol–water partition coefficient (Wildman–Crippen LogP) is 4.18. The number of nitrogens with zero attached hydrogens (tertiary/aromatic N) is 1. The van der Waals surface area contributed by atoms with Gasteiger partial charge in [-0.2, -0.15) is 0 Å². The summed E-state index contributed by atoms with van der Waals surface area (Å²) in [5.41, 5.74) is 4.17. The lowest BCUT2D eigenvalue weighted by Crippen LogP contribution is -2.30. The van der Waals surface area contributed by atoms with Crippen LogP contribution in [0.2, 0.25) is 0 Å². The van der Waals surface area contributed by atoms with Crippen molar-refractivity contribution in [2.75, 3.05) is 37.8 Å². The molecule has 0 saturated carbocycles. The van der Waals surface area contributed by atoms with Gasteiger partial charge >= 0.3 is 0 Å². The van der Waals surface area contributed by atoms with Crippen molar-refractivity contribution in [3.05, 3.63) is 59.7 Å². The molecule has 2 aromatic rings. The van der Waals surface area contributed by atoms with E-state index in [1.165, 1.54) is 0 Å². The van der Waals surface area contributed by atoms with Gasteiger partial charge in [-0.05, 0) is 55.4 Å². The Balaban J connectivity index is 1.90. The quantitative estimate of drug-likeness (QED) is 0.710. The van der Waals surface area contributed by atoms with Crippen molar-refractivity contribution >= 4 is 29.4 Å². The Labute approximate surface area is 150 Å². The molecule has 0 aliphatic heterocycles. The average Bonchev–Trinajstić information content (AvgIpc) is 2.61. The maximum atomic E-state index is 12.0. The SMILES string of the molecule is CCCN(C)CC(=O)Nc1ccc(/C=C/c2ccc(NC)cc2)cc1. The number of amides is 1. The molecule has 2 rings (SSSR count). The van der Waals surface area contributed by atoms with Crippen LogP contribution >= 0.6 is 0 Å². The molecule has 0 heterocycles. The van der Waals surface area contributed by atoms with Crippen LogP contribution in [0.25, 0.3) is 12.2 Å². The van der Waals surface area contributed by atoms with Crippen molar-refractivity contribution < 1.29 is 4.79 Å². The van der Waals surface area contributed by atoms with Crippen LogP contribution in [-0.2, 0) is 4.79 Å². The molecular formula is C21H27N3O. The third kappa shape index (κ3) is 6.43. The van der Waals surface area contributed by atoms with Crippen LogP contribution in [0, 0.1) is 0 Å². The first-order valence-corrected chi connectivity index (χ1v) is 8.65. The van der Waals surface area contributed by atoms with Crippen molar-refractivity contribution in [1.82, 2.24) is 4.90 Å². The van der Waals surface area contributed by atoms with Crippen LogP contribution in [0.15, 0.2) is 48.5 Å². The summed E-state index contributed by atoms with van der Waals surface area (Å²) < 4.78 is 0. The number of hydrogen-bond donors (Lipinski definition) is 2. The Hall–Kier alpha value is -2.59. The molecule has 0 saturated heterocycles. The van der Waals surface area contributed by atoms with Gasteiger partial charge in [0.15, 0.2) is 0 Å². The molecule has 0 spiro atoms. The summed E-state index contributed by atoms with van der Waals surface area (Å²) in [6, 6.07) is 16.1. The Kier molecular flexibility index (Phi) is 7.23. The molecule has 0 unspecified atom stereocenters. The monoisotopic (exact) mass is 337 g/mol. The smallest absolute Gasteiger partial charge is 0.238 e. The standard InChI is InChI=1S/C21H27N3O/c1-4-15-24(3)16-21(25)23-20-13-9-18(10-14-20)6-5-17-7-11-19(22-2)12-8-17/h5-14,22H,4,15-16H2,1-3H3,(H,23,25)/b6-5+. The second-order valence-corrected chi connectivity index (χ2v) is 6.11. The number of benzene rings is 2. The third-order valence-electron chi connectivity index (χ3n) is 3.88. The third-order valence-corrected chi connectivity index (χ3v) is 3.88. The maximum absolute atomic E-state index is 12.0. The topological polar surface area (TPSA) is 44.4 Å². The van der Waals surface area contributed by atoms with Gasteiger partial charge in [0.2, 0.25) is 5.91 Å². The fourth-order valence-corrected chi connectivity index (χ4v) is 2.54. The molecule has 0 aromatic heterocycles. The van der Waals surface area contributed by atoms with Crippen LogP contribution in [0.5, 0.6) is 0 Å². The zero-order valence-corrected chi connectivity index (χ0v) is 15.3. The summed E-state index contributed by atoms with van der Waals surface area (Å²) >= 11 is 0. The predicted molar refractivity (Wildman–Crippen MR) is 108 cm³/mol. The fourth-order valence-electron chi connectivity index (χ4n) is 2.54. The minimum Gasteiger partial charge on any atom is -0.388 e. The second kappa shape index (κ2) is 9.64. The van der Waals surface area contributed by atoms with Gasteiger partial charge < -0.3 is 10.6 Å². The molecule has 0 fully saturated rings. The van der Waals surface area contributed by atoms with Gasteiger partial charge in [-0.15, -0.1) is 0 Å². The molecule has 0 radical (unpaired) electrons. The molecule has 0 aliphatic rings. The highest BCUT2D eigenvalue weighted by Crippen LogP contribution is 2.14. The number of anilines is 2. The van der Waals surface area contributed by atoms with E-state index in [2.05, 4.69) is 41.8 Å². The molecule has 25 heavy (non-hydrogen) atoms. The van der Waals surface area contributed by atoms with E-state index in [-0.39, 0.29) is 5.91 Å². The van der Waals surface area contributed by atoms with Crippen molar-refractivity contribution in [2.24, 2.45) is 0 Å². The summed E-state index contributed by atoms with van der Waals surface area (Å²) in [4.78, 5) is 14.0. The van der Waals surface area contributed by atoms with Crippen LogP contribution in [0.3, 0.4) is 0 Å². The van der Waals surface area contributed by atoms with Gasteiger partial charge in [0, 0.05) is 18.4 Å². The van der Waals surface area contributed by atoms with Crippen LogP contribution in [-0.4, -0.2) is 38.0 Å². The molecule has 1 amide bonds. The van der Waals surface area contributed by atoms with Crippen molar-refractivity contribution in [2.45, 2.75) is 13.3 Å². The lowest BCUT2D eigenvalue weighted by molar-refractivity contribution is -0.117. The van der Waals surface area contributed by atoms with Crippen molar-refractivity contribution in [3.63, 3.8) is 0 Å². The molecule has 2 aromatic carbocycles. The molecule has 2 N–H and O–H groups in total. The molecule has 0 bridgehead atoms. The highest BCUT2D eigenvalue weighted by molar-refractivity contribution is 5.92. The fraction of sp³-hybridized carbons (Fsp3) is 0.286. The number of likely N-dealkylation sites (N-methyl/N-ethyl adjacent to an activating group) is 1. The van der Waals surface area contributed by atoms with Crippen LogP contribution in [0.1, 0.15) is 24.5 Å². The number of nitrogens with one attached hydrogen (secondary N) is 2. The highest BCUT2D eigenvalue weighted by Gasteiger charge is 2.05. The summed E-state index contributed by atoms with van der Waals surface area (Å²) in [6.45, 7) is 3.44. The van der Waals surface area contributed by atoms with E-state index in [4.69, 9.17) is 0 Å². The number of rotatable bonds is 8. The Bertz CT molecular complexity index is 690. The van der Waals surface area contributed by atoms with Gasteiger partial charge in [0.25, 0.3) is 0 Å². The van der Waals surface area contributed by atoms with E-state index in [0.29, 0.717) is 6.54 Å². The second-order valence-electron chi connectivity index (χ2n) is 6.11. The zero-order chi connectivity index (χ0) is 18.1. The van der Waals surface area contributed by atoms with E-state index in [1.54, 1.807) is 0 Å². The first kappa shape index (κ1) is 18.7. The van der Waals surface area contributed by atoms with Crippen molar-refractivity contribution in [3.8, 4) is 0 Å². The van der Waals surface area contributed by atoms with Gasteiger partial charge in [-0.1, -0.05) is 43.3 Å². The Morgan fingerprint density at radius 2 is 1.48 bits per heavy atom. The Morgan fingerprint density at radius 1 is 0.960 bits per heavy atom. The van der Waals surface area contributed by atoms with Crippen molar-refractivity contribution in [1.29, 1.82) is 0 Å². The van der Waals surface area contributed by atoms with Gasteiger partial charge in [0.05, 0.1) is 6.54 Å². The van der Waals surface area contributed by atoms with Crippen LogP contribution < -0.4 is 10.6 Å². The summed E-state index contributed by atoms with van der Waals surface area (Å²) in [5.74, 6) is 0.0175. The summed E-state index contributed by atoms with van der Waals surface area (Å²) in [7, 11) is 3.87. The number of hydrogen-bond acceptors (Lipinski definition) is 3. The maximum Gasteiger partial charge on any atom is 0.238 e. The molecule has 132 valence electrons. The first-order valence-electron chi connectivity index (χ1n) is 8.65. The lowest BCUT2D eigenvalue weighted by Gasteiger charge is -2.14. The normalized spacial score (nSPS) is 11.0. The molecular weight excluding hydrogens is 310 g/mol. The van der Waals surface area contributed by atoms with E-state index < -0.39 is 0 Å². The zero-order valence-electron chi connectivity index (χ0n) is 15.3. The molecule has 4 heteroatoms. The highest BCUT2D eigenvalue weighted by atomic mass is 16.2.